The van der Waals surface area contributed by atoms with Crippen LogP contribution in [0.3, 0.4) is 0 Å². The van der Waals surface area contributed by atoms with Gasteiger partial charge in [-0.05, 0) is 51.1 Å². The molecule has 1 aliphatic carbocycles. The summed E-state index contributed by atoms with van der Waals surface area (Å²) >= 11 is 0. The molecule has 0 radical (unpaired) electrons. The van der Waals surface area contributed by atoms with Crippen molar-refractivity contribution in [2.45, 2.75) is 49.8 Å². The highest BCUT2D eigenvalue weighted by Crippen LogP contribution is 2.44. The maximum Gasteiger partial charge on any atom is 0.0731 e. The van der Waals surface area contributed by atoms with Crippen molar-refractivity contribution in [1.29, 1.82) is 0 Å². The molecule has 2 N–H and O–H groups in total. The van der Waals surface area contributed by atoms with Gasteiger partial charge < -0.3 is 15.4 Å². The molecule has 3 saturated heterocycles. The molecule has 4 fully saturated rings. The van der Waals surface area contributed by atoms with Crippen LogP contribution in [0.5, 0.6) is 0 Å². The first-order valence-corrected chi connectivity index (χ1v) is 8.14. The Hall–Kier alpha value is -0.160. The second-order valence-corrected chi connectivity index (χ2v) is 6.94. The number of ether oxygens (including phenoxy) is 1. The molecular weight excluding hydrogens is 238 g/mol. The third-order valence-corrected chi connectivity index (χ3v) is 6.30. The molecule has 2 bridgehead atoms. The Bertz CT molecular complexity index is 350. The number of nitrogens with two attached hydrogens (primary N) is 1. The highest BCUT2D eigenvalue weighted by Gasteiger charge is 2.53. The van der Waals surface area contributed by atoms with Gasteiger partial charge in [0.1, 0.15) is 0 Å². The fourth-order valence-corrected chi connectivity index (χ4v) is 5.27. The number of hydrogen-bond donors (Lipinski definition) is 1. The minimum Gasteiger partial charge on any atom is -0.375 e. The van der Waals surface area contributed by atoms with Gasteiger partial charge in [0.25, 0.3) is 0 Å². The molecule has 108 valence electrons. The van der Waals surface area contributed by atoms with E-state index in [0.29, 0.717) is 12.1 Å². The van der Waals surface area contributed by atoms with Gasteiger partial charge in [-0.2, -0.15) is 0 Å². The molecule has 0 aromatic carbocycles. The molecule has 4 rings (SSSR count). The van der Waals surface area contributed by atoms with Crippen LogP contribution in [0.15, 0.2) is 0 Å². The van der Waals surface area contributed by atoms with Crippen LogP contribution in [0.4, 0.5) is 0 Å². The third kappa shape index (κ3) is 1.80. The van der Waals surface area contributed by atoms with Crippen LogP contribution in [0.25, 0.3) is 0 Å². The van der Waals surface area contributed by atoms with Crippen LogP contribution in [0.1, 0.15) is 32.1 Å². The number of nitrogens with zero attached hydrogens (tertiary/aromatic N) is 2. The SMILES string of the molecule is NCC1(N2CCOC3CCCC32)CCN2CCC1C2. The topological polar surface area (TPSA) is 41.7 Å². The largest absolute Gasteiger partial charge is 0.375 e. The third-order valence-electron chi connectivity index (χ3n) is 6.30. The summed E-state index contributed by atoms with van der Waals surface area (Å²) in [6, 6.07) is 0.657. The predicted octanol–water partition coefficient (Wildman–Crippen LogP) is 0.663. The summed E-state index contributed by atoms with van der Waals surface area (Å²) in [7, 11) is 0. The van der Waals surface area contributed by atoms with E-state index in [0.717, 1.165) is 25.6 Å². The average molecular weight is 265 g/mol. The van der Waals surface area contributed by atoms with E-state index in [-0.39, 0.29) is 5.54 Å². The lowest BCUT2D eigenvalue weighted by atomic mass is 9.76. The fourth-order valence-electron chi connectivity index (χ4n) is 5.27. The van der Waals surface area contributed by atoms with Crippen molar-refractivity contribution in [3.05, 3.63) is 0 Å². The van der Waals surface area contributed by atoms with Gasteiger partial charge in [0.2, 0.25) is 0 Å². The fraction of sp³-hybridized carbons (Fsp3) is 1.00. The van der Waals surface area contributed by atoms with Gasteiger partial charge in [-0.15, -0.1) is 0 Å². The Kier molecular flexibility index (Phi) is 3.10. The zero-order valence-electron chi connectivity index (χ0n) is 11.9. The van der Waals surface area contributed by atoms with Crippen molar-refractivity contribution in [3.63, 3.8) is 0 Å². The van der Waals surface area contributed by atoms with Gasteiger partial charge in [-0.1, -0.05) is 0 Å². The monoisotopic (exact) mass is 265 g/mol. The van der Waals surface area contributed by atoms with Gasteiger partial charge in [-0.25, -0.2) is 0 Å². The summed E-state index contributed by atoms with van der Waals surface area (Å²) in [5, 5.41) is 0. The minimum atomic E-state index is 0.282. The molecule has 19 heavy (non-hydrogen) atoms. The average Bonchev–Trinajstić information content (AvgIpc) is 3.07. The number of rotatable bonds is 2. The number of piperidine rings is 1. The molecule has 4 heteroatoms. The van der Waals surface area contributed by atoms with Gasteiger partial charge in [-0.3, -0.25) is 4.90 Å². The van der Waals surface area contributed by atoms with E-state index in [1.54, 1.807) is 0 Å². The second-order valence-electron chi connectivity index (χ2n) is 6.94. The van der Waals surface area contributed by atoms with Crippen LogP contribution in [-0.2, 0) is 4.74 Å². The molecule has 4 nitrogen and oxygen atoms in total. The second kappa shape index (κ2) is 4.69. The van der Waals surface area contributed by atoms with Crippen molar-refractivity contribution >= 4 is 0 Å². The van der Waals surface area contributed by atoms with Crippen molar-refractivity contribution in [1.82, 2.24) is 9.80 Å². The lowest BCUT2D eigenvalue weighted by molar-refractivity contribution is -0.120. The van der Waals surface area contributed by atoms with Gasteiger partial charge >= 0.3 is 0 Å². The molecular formula is C15H27N3O. The van der Waals surface area contributed by atoms with Crippen molar-refractivity contribution in [2.24, 2.45) is 11.7 Å². The first-order valence-electron chi connectivity index (χ1n) is 8.14. The lowest BCUT2D eigenvalue weighted by Crippen LogP contribution is -2.68. The molecule has 0 amide bonds. The maximum atomic E-state index is 6.34. The molecule has 0 aromatic rings. The van der Waals surface area contributed by atoms with E-state index in [4.69, 9.17) is 10.5 Å². The highest BCUT2D eigenvalue weighted by molar-refractivity contribution is 5.08. The van der Waals surface area contributed by atoms with Crippen LogP contribution < -0.4 is 5.73 Å². The summed E-state index contributed by atoms with van der Waals surface area (Å²) in [6.07, 6.45) is 7.05. The number of morpholine rings is 1. The Labute approximate surface area is 116 Å². The van der Waals surface area contributed by atoms with E-state index in [2.05, 4.69) is 9.80 Å². The lowest BCUT2D eigenvalue weighted by Gasteiger charge is -2.55. The molecule has 1 saturated carbocycles. The summed E-state index contributed by atoms with van der Waals surface area (Å²) in [5.41, 5.74) is 6.62. The number of hydrogen-bond acceptors (Lipinski definition) is 4. The quantitative estimate of drug-likeness (QED) is 0.796. The molecule has 5 unspecified atom stereocenters. The van der Waals surface area contributed by atoms with E-state index >= 15 is 0 Å². The predicted molar refractivity (Wildman–Crippen MR) is 75.0 cm³/mol. The highest BCUT2D eigenvalue weighted by atomic mass is 16.5. The van der Waals surface area contributed by atoms with Crippen molar-refractivity contribution in [3.8, 4) is 0 Å². The summed E-state index contributed by atoms with van der Waals surface area (Å²) in [5.74, 6) is 0.797. The smallest absolute Gasteiger partial charge is 0.0731 e. The van der Waals surface area contributed by atoms with Gasteiger partial charge in [0.15, 0.2) is 0 Å². The van der Waals surface area contributed by atoms with Crippen LogP contribution in [-0.4, -0.2) is 66.8 Å². The first kappa shape index (κ1) is 12.6. The minimum absolute atomic E-state index is 0.282. The van der Waals surface area contributed by atoms with Crippen LogP contribution in [0, 0.1) is 5.92 Å². The van der Waals surface area contributed by atoms with Crippen molar-refractivity contribution < 1.29 is 4.74 Å². The van der Waals surface area contributed by atoms with Crippen molar-refractivity contribution in [2.75, 3.05) is 39.3 Å². The van der Waals surface area contributed by atoms with E-state index in [9.17, 15) is 0 Å². The van der Waals surface area contributed by atoms with E-state index in [1.807, 2.05) is 0 Å². The zero-order valence-corrected chi connectivity index (χ0v) is 11.9. The Morgan fingerprint density at radius 2 is 2.11 bits per heavy atom. The zero-order chi connectivity index (χ0) is 12.9. The van der Waals surface area contributed by atoms with Gasteiger partial charge in [0, 0.05) is 31.2 Å². The van der Waals surface area contributed by atoms with E-state index < -0.39 is 0 Å². The molecule has 4 aliphatic rings. The summed E-state index contributed by atoms with van der Waals surface area (Å²) in [6.45, 7) is 6.70. The summed E-state index contributed by atoms with van der Waals surface area (Å²) in [4.78, 5) is 5.44. The first-order chi connectivity index (χ1) is 9.33. The molecule has 0 spiro atoms. The molecule has 3 aliphatic heterocycles. The van der Waals surface area contributed by atoms with Crippen LogP contribution >= 0.6 is 0 Å². The van der Waals surface area contributed by atoms with Gasteiger partial charge in [0.05, 0.1) is 12.7 Å². The Morgan fingerprint density at radius 3 is 3.00 bits per heavy atom. The number of fused-ring (bicyclic) bond motifs is 3. The molecule has 0 aromatic heterocycles. The molecule has 3 heterocycles. The van der Waals surface area contributed by atoms with E-state index in [1.165, 1.54) is 51.7 Å². The normalized spacial score (nSPS) is 50.4. The Morgan fingerprint density at radius 1 is 1.16 bits per heavy atom. The maximum absolute atomic E-state index is 6.34. The standard InChI is InChI=1S/C15H27N3O/c16-11-15(5-7-17-6-4-12(15)10-17)18-8-9-19-14-3-1-2-13(14)18/h12-14H,1-11,16H2. The molecule has 5 atom stereocenters. The van der Waals surface area contributed by atoms with Crippen LogP contribution in [0.2, 0.25) is 0 Å². The summed E-state index contributed by atoms with van der Waals surface area (Å²) < 4.78 is 6.00. The Balaban J connectivity index is 1.63.